The maximum Gasteiger partial charge on any atom is 0.239 e. The quantitative estimate of drug-likeness (QED) is 0.831. The van der Waals surface area contributed by atoms with E-state index < -0.39 is 6.04 Å². The Morgan fingerprint density at radius 2 is 1.73 bits per heavy atom. The predicted molar refractivity (Wildman–Crippen MR) is 111 cm³/mol. The average Bonchev–Trinajstić information content (AvgIpc) is 2.63. The van der Waals surface area contributed by atoms with Gasteiger partial charge in [-0.2, -0.15) is 0 Å². The third kappa shape index (κ3) is 5.74. The van der Waals surface area contributed by atoms with Gasteiger partial charge in [0.05, 0.1) is 11.1 Å². The Labute approximate surface area is 171 Å². The molecule has 2 aromatic rings. The molecule has 2 N–H and O–H groups in total. The number of pyridine rings is 1. The number of piperazine rings is 1. The van der Waals surface area contributed by atoms with Crippen molar-refractivity contribution in [2.24, 2.45) is 5.73 Å². The number of benzene rings is 1. The highest BCUT2D eigenvalue weighted by Crippen LogP contribution is 2.16. The number of hydrogen-bond acceptors (Lipinski definition) is 4. The van der Waals surface area contributed by atoms with Crippen molar-refractivity contribution >= 4 is 48.1 Å². The van der Waals surface area contributed by atoms with Gasteiger partial charge in [0.15, 0.2) is 0 Å². The van der Waals surface area contributed by atoms with Gasteiger partial charge in [0, 0.05) is 32.4 Å². The van der Waals surface area contributed by atoms with Crippen molar-refractivity contribution in [3.05, 3.63) is 59.2 Å². The molecule has 1 aliphatic rings. The molecule has 1 aromatic heterocycles. The van der Waals surface area contributed by atoms with Crippen LogP contribution in [0.4, 0.5) is 5.82 Å². The second-order valence-corrected chi connectivity index (χ2v) is 6.38. The molecule has 2 heterocycles. The molecule has 0 radical (unpaired) electrons. The Bertz CT molecular complexity index is 677. The Balaban J connectivity index is 0.00000169. The Morgan fingerprint density at radius 3 is 2.31 bits per heavy atom. The molecule has 0 aliphatic carbocycles. The molecule has 26 heavy (non-hydrogen) atoms. The summed E-state index contributed by atoms with van der Waals surface area (Å²) in [6, 6.07) is 13.1. The first-order valence-electron chi connectivity index (χ1n) is 8.08. The molecule has 8 heteroatoms. The molecule has 142 valence electrons. The molecule has 1 atom stereocenters. The number of hydrogen-bond donors (Lipinski definition) is 1. The zero-order valence-electron chi connectivity index (χ0n) is 14.3. The molecular weight excluding hydrogens is 395 g/mol. The van der Waals surface area contributed by atoms with E-state index in [9.17, 15) is 4.79 Å². The van der Waals surface area contributed by atoms with E-state index in [1.165, 1.54) is 0 Å². The summed E-state index contributed by atoms with van der Waals surface area (Å²) in [5.74, 6) is 0.905. The van der Waals surface area contributed by atoms with E-state index in [2.05, 4.69) is 9.88 Å². The molecule has 1 aromatic carbocycles. The molecule has 1 saturated heterocycles. The van der Waals surface area contributed by atoms with Gasteiger partial charge in [0.2, 0.25) is 5.91 Å². The molecule has 1 amide bonds. The van der Waals surface area contributed by atoms with Crippen LogP contribution in [0.3, 0.4) is 0 Å². The fourth-order valence-corrected chi connectivity index (χ4v) is 3.01. The van der Waals surface area contributed by atoms with Crippen molar-refractivity contribution < 1.29 is 4.79 Å². The van der Waals surface area contributed by atoms with Crippen molar-refractivity contribution in [2.45, 2.75) is 12.5 Å². The number of halogens is 3. The average molecular weight is 418 g/mol. The van der Waals surface area contributed by atoms with E-state index in [1.54, 1.807) is 6.20 Å². The van der Waals surface area contributed by atoms with Crippen LogP contribution in [0.5, 0.6) is 0 Å². The van der Waals surface area contributed by atoms with Crippen LogP contribution in [0.25, 0.3) is 0 Å². The van der Waals surface area contributed by atoms with Gasteiger partial charge in [-0.1, -0.05) is 41.9 Å². The molecule has 1 fully saturated rings. The van der Waals surface area contributed by atoms with Crippen molar-refractivity contribution in [1.29, 1.82) is 0 Å². The molecule has 1 aliphatic heterocycles. The zero-order valence-corrected chi connectivity index (χ0v) is 16.6. The second-order valence-electron chi connectivity index (χ2n) is 5.94. The fourth-order valence-electron chi connectivity index (χ4n) is 2.90. The summed E-state index contributed by atoms with van der Waals surface area (Å²) < 4.78 is 0. The first kappa shape index (κ1) is 22.5. The van der Waals surface area contributed by atoms with E-state index >= 15 is 0 Å². The largest absolute Gasteiger partial charge is 0.353 e. The van der Waals surface area contributed by atoms with Crippen molar-refractivity contribution in [1.82, 2.24) is 9.88 Å². The van der Waals surface area contributed by atoms with Crippen molar-refractivity contribution in [3.8, 4) is 0 Å². The number of aromatic nitrogens is 1. The van der Waals surface area contributed by atoms with Crippen LogP contribution in [0.15, 0.2) is 48.7 Å². The van der Waals surface area contributed by atoms with E-state index in [-0.39, 0.29) is 30.7 Å². The number of nitrogens with zero attached hydrogens (tertiary/aromatic N) is 3. The first-order chi connectivity index (χ1) is 11.6. The summed E-state index contributed by atoms with van der Waals surface area (Å²) in [7, 11) is 0. The summed E-state index contributed by atoms with van der Waals surface area (Å²) >= 11 is 5.87. The lowest BCUT2D eigenvalue weighted by atomic mass is 10.1. The molecule has 1 unspecified atom stereocenters. The first-order valence-corrected chi connectivity index (χ1v) is 8.46. The van der Waals surface area contributed by atoms with E-state index in [4.69, 9.17) is 17.3 Å². The van der Waals surface area contributed by atoms with Crippen molar-refractivity contribution in [3.63, 3.8) is 0 Å². The minimum absolute atomic E-state index is 0. The highest BCUT2D eigenvalue weighted by molar-refractivity contribution is 6.30. The lowest BCUT2D eigenvalue weighted by molar-refractivity contribution is -0.132. The number of carbonyl (C=O) groups excluding carboxylic acids is 1. The van der Waals surface area contributed by atoms with Gasteiger partial charge in [-0.3, -0.25) is 4.79 Å². The summed E-state index contributed by atoms with van der Waals surface area (Å²) in [4.78, 5) is 20.9. The van der Waals surface area contributed by atoms with Gasteiger partial charge in [-0.25, -0.2) is 4.98 Å². The Morgan fingerprint density at radius 1 is 1.08 bits per heavy atom. The third-order valence-electron chi connectivity index (χ3n) is 4.24. The summed E-state index contributed by atoms with van der Waals surface area (Å²) in [6.07, 6.45) is 2.21. The lowest BCUT2D eigenvalue weighted by Gasteiger charge is -2.36. The number of anilines is 1. The Kier molecular flexibility index (Phi) is 9.16. The van der Waals surface area contributed by atoms with E-state index in [1.807, 2.05) is 47.4 Å². The number of amides is 1. The van der Waals surface area contributed by atoms with Crippen LogP contribution in [0, 0.1) is 0 Å². The van der Waals surface area contributed by atoms with Crippen LogP contribution >= 0.6 is 36.4 Å². The van der Waals surface area contributed by atoms with Crippen LogP contribution in [-0.2, 0) is 11.2 Å². The number of rotatable bonds is 4. The standard InChI is InChI=1S/C18H21ClN4O.2ClH/c19-15-6-7-17(21-13-15)22-8-10-23(11-9-22)18(24)16(20)12-14-4-2-1-3-5-14;;/h1-7,13,16H,8-12,20H2;2*1H. The summed E-state index contributed by atoms with van der Waals surface area (Å²) in [5.41, 5.74) is 7.20. The SMILES string of the molecule is Cl.Cl.NC(Cc1ccccc1)C(=O)N1CCN(c2ccc(Cl)cn2)CC1. The van der Waals surface area contributed by atoms with Crippen LogP contribution in [0.2, 0.25) is 5.02 Å². The van der Waals surface area contributed by atoms with Crippen LogP contribution in [0.1, 0.15) is 5.56 Å². The minimum atomic E-state index is -0.493. The molecule has 0 spiro atoms. The molecule has 3 rings (SSSR count). The van der Waals surface area contributed by atoms with Crippen molar-refractivity contribution in [2.75, 3.05) is 31.1 Å². The van der Waals surface area contributed by atoms with E-state index in [0.29, 0.717) is 24.5 Å². The van der Waals surface area contributed by atoms with E-state index in [0.717, 1.165) is 24.5 Å². The summed E-state index contributed by atoms with van der Waals surface area (Å²) in [6.45, 7) is 2.81. The maximum atomic E-state index is 12.5. The normalized spacial score (nSPS) is 14.8. The number of carbonyl (C=O) groups is 1. The van der Waals surface area contributed by atoms with Crippen LogP contribution < -0.4 is 10.6 Å². The Hall–Kier alpha value is -1.53. The van der Waals surface area contributed by atoms with Gasteiger partial charge in [0.1, 0.15) is 5.82 Å². The van der Waals surface area contributed by atoms with Gasteiger partial charge in [-0.15, -0.1) is 24.8 Å². The van der Waals surface area contributed by atoms with Crippen LogP contribution in [-0.4, -0.2) is 48.0 Å². The fraction of sp³-hybridized carbons (Fsp3) is 0.333. The topological polar surface area (TPSA) is 62.5 Å². The minimum Gasteiger partial charge on any atom is -0.353 e. The smallest absolute Gasteiger partial charge is 0.239 e. The lowest BCUT2D eigenvalue weighted by Crippen LogP contribution is -2.53. The van der Waals surface area contributed by atoms with Gasteiger partial charge >= 0.3 is 0 Å². The highest BCUT2D eigenvalue weighted by Gasteiger charge is 2.25. The predicted octanol–water partition coefficient (Wildman–Crippen LogP) is 2.80. The monoisotopic (exact) mass is 416 g/mol. The number of nitrogens with two attached hydrogens (primary N) is 1. The molecule has 0 bridgehead atoms. The third-order valence-corrected chi connectivity index (χ3v) is 4.47. The molecule has 5 nitrogen and oxygen atoms in total. The second kappa shape index (κ2) is 10.6. The summed E-state index contributed by atoms with van der Waals surface area (Å²) in [5, 5.41) is 0.624. The molecular formula is C18H23Cl3N4O. The molecule has 0 saturated carbocycles. The van der Waals surface area contributed by atoms with Gasteiger partial charge in [-0.05, 0) is 24.1 Å². The maximum absolute atomic E-state index is 12.5. The van der Waals surface area contributed by atoms with Gasteiger partial charge in [0.25, 0.3) is 0 Å². The highest BCUT2D eigenvalue weighted by atomic mass is 35.5. The zero-order chi connectivity index (χ0) is 16.9. The van der Waals surface area contributed by atoms with Gasteiger partial charge < -0.3 is 15.5 Å².